The molecular formula is C21H22ClN3O5S. The Morgan fingerprint density at radius 2 is 2.06 bits per heavy atom. The first-order valence-electron chi connectivity index (χ1n) is 9.88. The van der Waals surface area contributed by atoms with Gasteiger partial charge in [-0.05, 0) is 61.7 Å². The molecule has 0 radical (unpaired) electrons. The zero-order valence-electron chi connectivity index (χ0n) is 16.9. The average molecular weight is 464 g/mol. The van der Waals surface area contributed by atoms with E-state index in [1.54, 1.807) is 18.2 Å². The number of nitrogens with one attached hydrogen (secondary N) is 2. The predicted octanol–water partition coefficient (Wildman–Crippen LogP) is 3.02. The molecule has 0 spiro atoms. The van der Waals surface area contributed by atoms with Crippen LogP contribution in [-0.4, -0.2) is 44.2 Å². The number of aryl methyl sites for hydroxylation is 1. The summed E-state index contributed by atoms with van der Waals surface area (Å²) < 4.78 is 33.0. The number of nitrogens with zero attached hydrogens (tertiary/aromatic N) is 1. The van der Waals surface area contributed by atoms with Crippen molar-refractivity contribution in [1.29, 1.82) is 0 Å². The molecule has 2 aliphatic rings. The summed E-state index contributed by atoms with van der Waals surface area (Å²) in [5, 5.41) is 6.08. The van der Waals surface area contributed by atoms with E-state index in [9.17, 15) is 18.0 Å². The lowest BCUT2D eigenvalue weighted by Crippen LogP contribution is -2.43. The van der Waals surface area contributed by atoms with Gasteiger partial charge in [-0.3, -0.25) is 9.59 Å². The third-order valence-electron chi connectivity index (χ3n) is 5.42. The Bertz CT molecular complexity index is 1150. The van der Waals surface area contributed by atoms with Crippen LogP contribution in [0.2, 0.25) is 5.02 Å². The second-order valence-corrected chi connectivity index (χ2v) is 10.0. The zero-order chi connectivity index (χ0) is 22.2. The first-order chi connectivity index (χ1) is 14.7. The number of benzene rings is 2. The van der Waals surface area contributed by atoms with Crippen molar-refractivity contribution in [2.45, 2.75) is 24.7 Å². The van der Waals surface area contributed by atoms with Crippen molar-refractivity contribution < 1.29 is 22.7 Å². The van der Waals surface area contributed by atoms with Gasteiger partial charge in [0.15, 0.2) is 6.61 Å². The Kier molecular flexibility index (Phi) is 5.92. The fraction of sp³-hybridized carbons (Fsp3) is 0.333. The Balaban J connectivity index is 1.50. The standard InChI is InChI=1S/C21H22ClN3O5S/c1-13-9-15(22)4-6-17(13)24-21(27)14-3-2-8-25(11-14)31(28,29)16-5-7-19-18(10-16)23-20(26)12-30-19/h4-7,9-10,14H,2-3,8,11-12H2,1H3,(H,23,26)(H,24,27)/t14-/m1/s1. The maximum Gasteiger partial charge on any atom is 0.262 e. The van der Waals surface area contributed by atoms with Crippen molar-refractivity contribution in [2.75, 3.05) is 30.3 Å². The second kappa shape index (κ2) is 8.49. The molecule has 2 aliphatic heterocycles. The van der Waals surface area contributed by atoms with Crippen molar-refractivity contribution >= 4 is 44.8 Å². The van der Waals surface area contributed by atoms with Crippen LogP contribution in [0.5, 0.6) is 5.75 Å². The molecule has 2 amide bonds. The van der Waals surface area contributed by atoms with Crippen LogP contribution < -0.4 is 15.4 Å². The van der Waals surface area contributed by atoms with Gasteiger partial charge in [0.25, 0.3) is 5.91 Å². The number of piperidine rings is 1. The van der Waals surface area contributed by atoms with Crippen molar-refractivity contribution in [3.63, 3.8) is 0 Å². The number of hydrogen-bond acceptors (Lipinski definition) is 5. The number of carbonyl (C=O) groups is 2. The summed E-state index contributed by atoms with van der Waals surface area (Å²) in [5.74, 6) is -0.613. The van der Waals surface area contributed by atoms with Crippen LogP contribution in [0.15, 0.2) is 41.3 Å². The lowest BCUT2D eigenvalue weighted by Gasteiger charge is -2.31. The summed E-state index contributed by atoms with van der Waals surface area (Å²) in [6.45, 7) is 2.15. The molecule has 1 saturated heterocycles. The van der Waals surface area contributed by atoms with E-state index in [1.165, 1.54) is 22.5 Å². The molecule has 2 N–H and O–H groups in total. The van der Waals surface area contributed by atoms with Gasteiger partial charge in [0, 0.05) is 23.8 Å². The molecule has 1 atom stereocenters. The van der Waals surface area contributed by atoms with Crippen LogP contribution in [0.3, 0.4) is 0 Å². The number of ether oxygens (including phenoxy) is 1. The van der Waals surface area contributed by atoms with Crippen LogP contribution in [0.4, 0.5) is 11.4 Å². The number of sulfonamides is 1. The molecule has 164 valence electrons. The van der Waals surface area contributed by atoms with Crippen LogP contribution in [0, 0.1) is 12.8 Å². The van der Waals surface area contributed by atoms with E-state index >= 15 is 0 Å². The van der Waals surface area contributed by atoms with Crippen molar-refractivity contribution in [3.05, 3.63) is 47.0 Å². The van der Waals surface area contributed by atoms with E-state index in [1.807, 2.05) is 6.92 Å². The molecule has 4 rings (SSSR count). The maximum absolute atomic E-state index is 13.2. The highest BCUT2D eigenvalue weighted by Gasteiger charge is 2.34. The van der Waals surface area contributed by atoms with E-state index in [0.29, 0.717) is 41.5 Å². The van der Waals surface area contributed by atoms with Gasteiger partial charge in [0.1, 0.15) is 5.75 Å². The maximum atomic E-state index is 13.2. The lowest BCUT2D eigenvalue weighted by atomic mass is 9.98. The highest BCUT2D eigenvalue weighted by molar-refractivity contribution is 7.89. The van der Waals surface area contributed by atoms with Gasteiger partial charge in [0.05, 0.1) is 16.5 Å². The van der Waals surface area contributed by atoms with Crippen molar-refractivity contribution in [3.8, 4) is 5.75 Å². The molecule has 10 heteroatoms. The first kappa shape index (κ1) is 21.6. The van der Waals surface area contributed by atoms with E-state index in [4.69, 9.17) is 16.3 Å². The molecule has 2 heterocycles. The summed E-state index contributed by atoms with van der Waals surface area (Å²) in [4.78, 5) is 24.4. The topological polar surface area (TPSA) is 105 Å². The van der Waals surface area contributed by atoms with Gasteiger partial charge in [-0.25, -0.2) is 8.42 Å². The SMILES string of the molecule is Cc1cc(Cl)ccc1NC(=O)[C@@H]1CCCN(S(=O)(=O)c2ccc3c(c2)NC(=O)CO3)C1. The zero-order valence-corrected chi connectivity index (χ0v) is 18.4. The van der Waals surface area contributed by atoms with Gasteiger partial charge in [-0.1, -0.05) is 11.6 Å². The average Bonchev–Trinajstić information content (AvgIpc) is 2.75. The summed E-state index contributed by atoms with van der Waals surface area (Å²) in [6.07, 6.45) is 1.17. The Morgan fingerprint density at radius 3 is 2.84 bits per heavy atom. The molecule has 1 fully saturated rings. The van der Waals surface area contributed by atoms with Gasteiger partial charge in [-0.2, -0.15) is 4.31 Å². The van der Waals surface area contributed by atoms with Gasteiger partial charge < -0.3 is 15.4 Å². The summed E-state index contributed by atoms with van der Waals surface area (Å²) in [6, 6.07) is 9.55. The molecule has 31 heavy (non-hydrogen) atoms. The summed E-state index contributed by atoms with van der Waals surface area (Å²) in [5.41, 5.74) is 1.81. The second-order valence-electron chi connectivity index (χ2n) is 7.65. The molecule has 0 saturated carbocycles. The molecule has 0 aromatic heterocycles. The number of amides is 2. The Morgan fingerprint density at radius 1 is 1.26 bits per heavy atom. The molecule has 0 aliphatic carbocycles. The third kappa shape index (κ3) is 4.53. The first-order valence-corrected chi connectivity index (χ1v) is 11.7. The summed E-state index contributed by atoms with van der Waals surface area (Å²) >= 11 is 5.96. The largest absolute Gasteiger partial charge is 0.482 e. The Labute approximate surface area is 185 Å². The summed E-state index contributed by atoms with van der Waals surface area (Å²) in [7, 11) is -3.84. The molecule has 0 unspecified atom stereocenters. The predicted molar refractivity (Wildman–Crippen MR) is 117 cm³/mol. The van der Waals surface area contributed by atoms with E-state index in [2.05, 4.69) is 10.6 Å². The molecule has 0 bridgehead atoms. The van der Waals surface area contributed by atoms with E-state index in [0.717, 1.165) is 5.56 Å². The number of rotatable bonds is 4. The highest BCUT2D eigenvalue weighted by Crippen LogP contribution is 2.32. The van der Waals surface area contributed by atoms with E-state index < -0.39 is 15.9 Å². The normalized spacial score (nSPS) is 19.2. The fourth-order valence-corrected chi connectivity index (χ4v) is 5.53. The number of halogens is 1. The Hall–Kier alpha value is -2.62. The van der Waals surface area contributed by atoms with Crippen LogP contribution in [-0.2, 0) is 19.6 Å². The fourth-order valence-electron chi connectivity index (χ4n) is 3.75. The molecule has 2 aromatic rings. The van der Waals surface area contributed by atoms with Gasteiger partial charge in [0.2, 0.25) is 15.9 Å². The lowest BCUT2D eigenvalue weighted by molar-refractivity contribution is -0.121. The van der Waals surface area contributed by atoms with E-state index in [-0.39, 0.29) is 29.9 Å². The quantitative estimate of drug-likeness (QED) is 0.725. The minimum absolute atomic E-state index is 0.0478. The minimum Gasteiger partial charge on any atom is -0.482 e. The minimum atomic E-state index is -3.84. The van der Waals surface area contributed by atoms with Crippen molar-refractivity contribution in [1.82, 2.24) is 4.31 Å². The number of fused-ring (bicyclic) bond motifs is 1. The van der Waals surface area contributed by atoms with Crippen LogP contribution in [0.1, 0.15) is 18.4 Å². The van der Waals surface area contributed by atoms with Gasteiger partial charge >= 0.3 is 0 Å². The number of hydrogen-bond donors (Lipinski definition) is 2. The smallest absolute Gasteiger partial charge is 0.262 e. The van der Waals surface area contributed by atoms with Crippen LogP contribution >= 0.6 is 11.6 Å². The number of carbonyl (C=O) groups excluding carboxylic acids is 2. The monoisotopic (exact) mass is 463 g/mol. The van der Waals surface area contributed by atoms with Crippen molar-refractivity contribution in [2.24, 2.45) is 5.92 Å². The molecule has 2 aromatic carbocycles. The van der Waals surface area contributed by atoms with Gasteiger partial charge in [-0.15, -0.1) is 0 Å². The van der Waals surface area contributed by atoms with Crippen LogP contribution in [0.25, 0.3) is 0 Å². The third-order valence-corrected chi connectivity index (χ3v) is 7.52. The highest BCUT2D eigenvalue weighted by atomic mass is 35.5. The molecule has 8 nitrogen and oxygen atoms in total. The molecular weight excluding hydrogens is 442 g/mol. The number of anilines is 2.